The molecule has 0 saturated carbocycles. The minimum atomic E-state index is -0.102. The van der Waals surface area contributed by atoms with Gasteiger partial charge in [0.05, 0.1) is 17.3 Å². The number of nitrogens with zero attached hydrogens (tertiary/aromatic N) is 1. The summed E-state index contributed by atoms with van der Waals surface area (Å²) in [6, 6.07) is 14.9. The molecule has 0 bridgehead atoms. The molecule has 3 rings (SSSR count). The van der Waals surface area contributed by atoms with E-state index in [1.807, 2.05) is 43.3 Å². The number of carbonyl (C=O) groups excluding carboxylic acids is 1. The highest BCUT2D eigenvalue weighted by Gasteiger charge is 2.13. The summed E-state index contributed by atoms with van der Waals surface area (Å²) in [5.41, 5.74) is 2.45. The number of hydrogen-bond donors (Lipinski definition) is 1. The van der Waals surface area contributed by atoms with Crippen molar-refractivity contribution in [2.75, 3.05) is 0 Å². The van der Waals surface area contributed by atoms with Crippen molar-refractivity contribution in [1.29, 1.82) is 0 Å². The van der Waals surface area contributed by atoms with Crippen LogP contribution in [0.4, 0.5) is 0 Å². The molecule has 0 aliphatic heterocycles. The topological polar surface area (TPSA) is 42.0 Å². The minimum absolute atomic E-state index is 0.102. The molecule has 0 aliphatic carbocycles. The number of aryl methyl sites for hydroxylation is 1. The normalized spacial score (nSPS) is 10.6. The molecule has 24 heavy (non-hydrogen) atoms. The minimum Gasteiger partial charge on any atom is -0.347 e. The summed E-state index contributed by atoms with van der Waals surface area (Å²) < 4.78 is 0.946. The van der Waals surface area contributed by atoms with Crippen LogP contribution in [-0.4, -0.2) is 10.9 Å². The molecule has 1 heterocycles. The molecule has 2 aromatic carbocycles. The summed E-state index contributed by atoms with van der Waals surface area (Å²) in [5.74, 6) is -0.102. The van der Waals surface area contributed by atoms with Gasteiger partial charge < -0.3 is 5.32 Å². The Bertz CT molecular complexity index is 877. The van der Waals surface area contributed by atoms with Gasteiger partial charge >= 0.3 is 0 Å². The van der Waals surface area contributed by atoms with Gasteiger partial charge in [0.15, 0.2) is 0 Å². The molecule has 0 saturated heterocycles. The highest BCUT2D eigenvalue weighted by atomic mass is 79.9. The first-order chi connectivity index (χ1) is 11.5. The first kappa shape index (κ1) is 17.1. The molecule has 0 unspecified atom stereocenters. The number of nitrogens with one attached hydrogen (secondary N) is 1. The van der Waals surface area contributed by atoms with Crippen molar-refractivity contribution < 1.29 is 4.79 Å². The van der Waals surface area contributed by atoms with Crippen LogP contribution in [0.2, 0.25) is 5.02 Å². The number of halogens is 2. The van der Waals surface area contributed by atoms with Crippen LogP contribution in [0.5, 0.6) is 0 Å². The molecule has 1 N–H and O–H groups in total. The Labute approximate surface area is 157 Å². The summed E-state index contributed by atoms with van der Waals surface area (Å²) in [5, 5.41) is 4.48. The van der Waals surface area contributed by atoms with Gasteiger partial charge in [-0.05, 0) is 37.3 Å². The molecule has 0 atom stereocenters. The van der Waals surface area contributed by atoms with Crippen LogP contribution in [0.25, 0.3) is 10.6 Å². The fourth-order valence-corrected chi connectivity index (χ4v) is 3.79. The van der Waals surface area contributed by atoms with E-state index in [0.717, 1.165) is 25.6 Å². The predicted molar refractivity (Wildman–Crippen MR) is 103 cm³/mol. The SMILES string of the molecule is Cc1nc(-c2ccccc2Cl)sc1CNC(=O)c1ccc(Br)cc1. The maximum atomic E-state index is 12.2. The summed E-state index contributed by atoms with van der Waals surface area (Å²) in [6.45, 7) is 2.39. The molecule has 1 aromatic heterocycles. The number of rotatable bonds is 4. The lowest BCUT2D eigenvalue weighted by Crippen LogP contribution is -2.22. The number of aromatic nitrogens is 1. The van der Waals surface area contributed by atoms with Crippen molar-refractivity contribution in [2.45, 2.75) is 13.5 Å². The van der Waals surface area contributed by atoms with Crippen LogP contribution in [0.3, 0.4) is 0 Å². The molecule has 0 spiro atoms. The molecule has 0 aliphatic rings. The average Bonchev–Trinajstić information content (AvgIpc) is 2.94. The second-order valence-electron chi connectivity index (χ2n) is 5.20. The van der Waals surface area contributed by atoms with Gasteiger partial charge in [-0.15, -0.1) is 11.3 Å². The standard InChI is InChI=1S/C18H14BrClN2OS/c1-11-16(10-21-17(23)12-6-8-13(19)9-7-12)24-18(22-11)14-4-2-3-5-15(14)20/h2-9H,10H2,1H3,(H,21,23). The average molecular weight is 422 g/mol. The second-order valence-corrected chi connectivity index (χ2v) is 7.60. The van der Waals surface area contributed by atoms with Crippen LogP contribution in [0.15, 0.2) is 53.0 Å². The molecular weight excluding hydrogens is 408 g/mol. The molecule has 1 amide bonds. The molecule has 3 aromatic rings. The summed E-state index contributed by atoms with van der Waals surface area (Å²) >= 11 is 11.1. The van der Waals surface area contributed by atoms with Crippen molar-refractivity contribution in [3.8, 4) is 10.6 Å². The van der Waals surface area contributed by atoms with E-state index in [4.69, 9.17) is 11.6 Å². The molecule has 0 radical (unpaired) electrons. The van der Waals surface area contributed by atoms with E-state index >= 15 is 0 Å². The van der Waals surface area contributed by atoms with Crippen molar-refractivity contribution in [3.05, 3.63) is 74.2 Å². The molecule has 122 valence electrons. The van der Waals surface area contributed by atoms with Crippen LogP contribution in [0, 0.1) is 6.92 Å². The van der Waals surface area contributed by atoms with Gasteiger partial charge in [0, 0.05) is 20.5 Å². The van der Waals surface area contributed by atoms with Crippen LogP contribution < -0.4 is 5.32 Å². The van der Waals surface area contributed by atoms with Crippen LogP contribution in [0.1, 0.15) is 20.9 Å². The van der Waals surface area contributed by atoms with E-state index in [1.54, 1.807) is 23.5 Å². The maximum Gasteiger partial charge on any atom is 0.251 e. The van der Waals surface area contributed by atoms with E-state index in [0.29, 0.717) is 17.1 Å². The van der Waals surface area contributed by atoms with Crippen LogP contribution in [-0.2, 0) is 6.54 Å². The monoisotopic (exact) mass is 420 g/mol. The second kappa shape index (κ2) is 7.47. The molecular formula is C18H14BrClN2OS. The fraction of sp³-hybridized carbons (Fsp3) is 0.111. The third kappa shape index (κ3) is 3.86. The molecule has 6 heteroatoms. The lowest BCUT2D eigenvalue weighted by Gasteiger charge is -2.04. The summed E-state index contributed by atoms with van der Waals surface area (Å²) in [4.78, 5) is 17.8. The van der Waals surface area contributed by atoms with Crippen molar-refractivity contribution >= 4 is 44.8 Å². The Hall–Kier alpha value is -1.69. The lowest BCUT2D eigenvalue weighted by molar-refractivity contribution is 0.0951. The number of thiazole rings is 1. The zero-order valence-electron chi connectivity index (χ0n) is 12.8. The largest absolute Gasteiger partial charge is 0.347 e. The van der Waals surface area contributed by atoms with Gasteiger partial charge in [0.1, 0.15) is 5.01 Å². The van der Waals surface area contributed by atoms with Crippen LogP contribution >= 0.6 is 38.9 Å². The Kier molecular flexibility index (Phi) is 5.33. The summed E-state index contributed by atoms with van der Waals surface area (Å²) in [6.07, 6.45) is 0. The van der Waals surface area contributed by atoms with Crippen molar-refractivity contribution in [1.82, 2.24) is 10.3 Å². The molecule has 3 nitrogen and oxygen atoms in total. The summed E-state index contributed by atoms with van der Waals surface area (Å²) in [7, 11) is 0. The third-order valence-corrected chi connectivity index (χ3v) is 5.56. The van der Waals surface area contributed by atoms with Gasteiger partial charge in [-0.2, -0.15) is 0 Å². The zero-order chi connectivity index (χ0) is 17.1. The van der Waals surface area contributed by atoms with E-state index in [-0.39, 0.29) is 5.91 Å². The maximum absolute atomic E-state index is 12.2. The van der Waals surface area contributed by atoms with E-state index in [1.165, 1.54) is 0 Å². The Morgan fingerprint density at radius 1 is 1.21 bits per heavy atom. The predicted octanol–water partition coefficient (Wildman–Crippen LogP) is 5.46. The third-order valence-electron chi connectivity index (χ3n) is 3.51. The number of carbonyl (C=O) groups is 1. The quantitative estimate of drug-likeness (QED) is 0.607. The van der Waals surface area contributed by atoms with E-state index in [2.05, 4.69) is 26.2 Å². The number of benzene rings is 2. The highest BCUT2D eigenvalue weighted by molar-refractivity contribution is 9.10. The smallest absolute Gasteiger partial charge is 0.251 e. The Morgan fingerprint density at radius 3 is 2.62 bits per heavy atom. The van der Waals surface area contributed by atoms with Gasteiger partial charge in [0.25, 0.3) is 5.91 Å². The Morgan fingerprint density at radius 2 is 1.92 bits per heavy atom. The van der Waals surface area contributed by atoms with Gasteiger partial charge in [-0.25, -0.2) is 4.98 Å². The highest BCUT2D eigenvalue weighted by Crippen LogP contribution is 2.32. The van der Waals surface area contributed by atoms with Gasteiger partial charge in [-0.1, -0.05) is 45.7 Å². The van der Waals surface area contributed by atoms with Gasteiger partial charge in [0.2, 0.25) is 0 Å². The fourth-order valence-electron chi connectivity index (χ4n) is 2.21. The van der Waals surface area contributed by atoms with Gasteiger partial charge in [-0.3, -0.25) is 4.79 Å². The number of amides is 1. The first-order valence-corrected chi connectivity index (χ1v) is 9.28. The zero-order valence-corrected chi connectivity index (χ0v) is 16.0. The first-order valence-electron chi connectivity index (χ1n) is 7.29. The van der Waals surface area contributed by atoms with E-state index in [9.17, 15) is 4.79 Å². The van der Waals surface area contributed by atoms with Crippen molar-refractivity contribution in [2.24, 2.45) is 0 Å². The van der Waals surface area contributed by atoms with Crippen molar-refractivity contribution in [3.63, 3.8) is 0 Å². The lowest BCUT2D eigenvalue weighted by atomic mass is 10.2. The van der Waals surface area contributed by atoms with E-state index < -0.39 is 0 Å². The molecule has 0 fully saturated rings. The number of hydrogen-bond acceptors (Lipinski definition) is 3. The Balaban J connectivity index is 1.73.